The average Bonchev–Trinajstić information content (AvgIpc) is 2.80. The van der Waals surface area contributed by atoms with Gasteiger partial charge in [0.05, 0.1) is 11.4 Å². The van der Waals surface area contributed by atoms with Crippen molar-refractivity contribution in [2.24, 2.45) is 5.92 Å². The fraction of sp³-hybridized carbons (Fsp3) is 0.417. The van der Waals surface area contributed by atoms with Crippen molar-refractivity contribution in [2.75, 3.05) is 23.1 Å². The Labute approximate surface area is 195 Å². The zero-order valence-corrected chi connectivity index (χ0v) is 19.7. The van der Waals surface area contributed by atoms with Crippen molar-refractivity contribution >= 4 is 33.3 Å². The number of carbonyl (C=O) groups excluding carboxylic acids is 2. The molecular formula is C24H32N4O4S. The first-order valence-electron chi connectivity index (χ1n) is 11.3. The van der Waals surface area contributed by atoms with Crippen molar-refractivity contribution in [3.63, 3.8) is 0 Å². The molecule has 0 aromatic heterocycles. The minimum absolute atomic E-state index is 0.106. The van der Waals surface area contributed by atoms with Crippen LogP contribution in [0.3, 0.4) is 0 Å². The molecule has 0 spiro atoms. The molecule has 4 N–H and O–H groups in total. The molecule has 3 rings (SSSR count). The van der Waals surface area contributed by atoms with Crippen LogP contribution in [-0.2, 0) is 14.8 Å². The maximum atomic E-state index is 12.5. The lowest BCUT2D eigenvalue weighted by Crippen LogP contribution is -2.39. The van der Waals surface area contributed by atoms with Gasteiger partial charge in [0.2, 0.25) is 5.91 Å². The Morgan fingerprint density at radius 1 is 0.879 bits per heavy atom. The third-order valence-corrected chi connectivity index (χ3v) is 7.13. The maximum absolute atomic E-state index is 12.5. The molecular weight excluding hydrogens is 440 g/mol. The molecule has 1 aliphatic carbocycles. The zero-order chi connectivity index (χ0) is 23.7. The number of anilines is 2. The lowest BCUT2D eigenvalue weighted by atomic mass is 9.87. The van der Waals surface area contributed by atoms with Gasteiger partial charge in [-0.05, 0) is 55.7 Å². The van der Waals surface area contributed by atoms with Gasteiger partial charge in [-0.15, -0.1) is 0 Å². The molecule has 178 valence electrons. The van der Waals surface area contributed by atoms with Gasteiger partial charge in [-0.1, -0.05) is 49.8 Å². The normalized spacial score (nSPS) is 14.3. The van der Waals surface area contributed by atoms with Crippen molar-refractivity contribution < 1.29 is 18.0 Å². The summed E-state index contributed by atoms with van der Waals surface area (Å²) in [4.78, 5) is 24.2. The van der Waals surface area contributed by atoms with E-state index in [1.54, 1.807) is 48.5 Å². The van der Waals surface area contributed by atoms with Crippen molar-refractivity contribution in [1.29, 1.82) is 0 Å². The summed E-state index contributed by atoms with van der Waals surface area (Å²) < 4.78 is 27.4. The van der Waals surface area contributed by atoms with Crippen LogP contribution < -0.4 is 20.7 Å². The number of sulfonamides is 1. The van der Waals surface area contributed by atoms with E-state index in [4.69, 9.17) is 0 Å². The van der Waals surface area contributed by atoms with Crippen LogP contribution in [0.15, 0.2) is 53.4 Å². The van der Waals surface area contributed by atoms with Crippen molar-refractivity contribution in [1.82, 2.24) is 10.6 Å². The van der Waals surface area contributed by atoms with Crippen LogP contribution >= 0.6 is 0 Å². The van der Waals surface area contributed by atoms with Crippen molar-refractivity contribution in [2.45, 2.75) is 50.3 Å². The second-order valence-electron chi connectivity index (χ2n) is 8.45. The van der Waals surface area contributed by atoms with Crippen molar-refractivity contribution in [3.05, 3.63) is 54.1 Å². The summed E-state index contributed by atoms with van der Waals surface area (Å²) in [5.41, 5.74) is 1.82. The van der Waals surface area contributed by atoms with Crippen molar-refractivity contribution in [3.8, 4) is 0 Å². The number of hydrogen-bond acceptors (Lipinski definition) is 4. The summed E-state index contributed by atoms with van der Waals surface area (Å²) in [5, 5.41) is 8.00. The minimum Gasteiger partial charge on any atom is -0.355 e. The van der Waals surface area contributed by atoms with Gasteiger partial charge in [0.25, 0.3) is 10.0 Å². The van der Waals surface area contributed by atoms with E-state index in [1.165, 1.54) is 32.1 Å². The fourth-order valence-corrected chi connectivity index (χ4v) is 4.90. The Balaban J connectivity index is 1.39. The minimum atomic E-state index is -3.69. The summed E-state index contributed by atoms with van der Waals surface area (Å²) >= 11 is 0. The molecule has 2 aromatic carbocycles. The van der Waals surface area contributed by atoms with E-state index in [-0.39, 0.29) is 17.3 Å². The number of aryl methyl sites for hydroxylation is 1. The number of rotatable bonds is 9. The molecule has 1 saturated carbocycles. The Morgan fingerprint density at radius 3 is 2.18 bits per heavy atom. The summed E-state index contributed by atoms with van der Waals surface area (Å²) in [7, 11) is -3.69. The van der Waals surface area contributed by atoms with Crippen LogP contribution in [0.4, 0.5) is 16.2 Å². The largest absolute Gasteiger partial charge is 0.355 e. The van der Waals surface area contributed by atoms with Gasteiger partial charge in [-0.2, -0.15) is 0 Å². The summed E-state index contributed by atoms with van der Waals surface area (Å²) in [6.07, 6.45) is 7.33. The van der Waals surface area contributed by atoms with Gasteiger partial charge in [0.1, 0.15) is 0 Å². The fourth-order valence-electron chi connectivity index (χ4n) is 3.84. The van der Waals surface area contributed by atoms with Crippen LogP contribution in [-0.4, -0.2) is 33.4 Å². The van der Waals surface area contributed by atoms with Crippen LogP contribution in [0.1, 0.15) is 44.1 Å². The molecule has 8 nitrogen and oxygen atoms in total. The molecule has 0 atom stereocenters. The summed E-state index contributed by atoms with van der Waals surface area (Å²) in [6.45, 7) is 2.41. The zero-order valence-electron chi connectivity index (χ0n) is 18.9. The summed E-state index contributed by atoms with van der Waals surface area (Å²) in [5.74, 6) is 0.474. The third-order valence-electron chi connectivity index (χ3n) is 5.74. The molecule has 0 heterocycles. The Kier molecular flexibility index (Phi) is 8.71. The van der Waals surface area contributed by atoms with Crippen LogP contribution in [0.25, 0.3) is 0 Å². The summed E-state index contributed by atoms with van der Waals surface area (Å²) in [6, 6.07) is 12.3. The Morgan fingerprint density at radius 2 is 1.52 bits per heavy atom. The first-order chi connectivity index (χ1) is 15.8. The number of urea groups is 1. The quantitative estimate of drug-likeness (QED) is 0.441. The lowest BCUT2D eigenvalue weighted by Gasteiger charge is -2.21. The van der Waals surface area contributed by atoms with Crippen LogP contribution in [0.5, 0.6) is 0 Å². The number of benzene rings is 2. The molecule has 0 unspecified atom stereocenters. The monoisotopic (exact) mass is 472 g/mol. The van der Waals surface area contributed by atoms with E-state index in [0.29, 0.717) is 23.8 Å². The molecule has 0 saturated heterocycles. The van der Waals surface area contributed by atoms with Gasteiger partial charge in [0.15, 0.2) is 0 Å². The van der Waals surface area contributed by atoms with E-state index in [0.717, 1.165) is 12.0 Å². The first kappa shape index (κ1) is 24.6. The molecule has 33 heavy (non-hydrogen) atoms. The second-order valence-corrected chi connectivity index (χ2v) is 10.1. The second kappa shape index (κ2) is 11.7. The molecule has 2 aromatic rings. The lowest BCUT2D eigenvalue weighted by molar-refractivity contribution is -0.120. The van der Waals surface area contributed by atoms with Crippen LogP contribution in [0, 0.1) is 12.8 Å². The number of nitrogens with one attached hydrogen (secondary N) is 4. The highest BCUT2D eigenvalue weighted by atomic mass is 32.2. The van der Waals surface area contributed by atoms with E-state index >= 15 is 0 Å². The van der Waals surface area contributed by atoms with Crippen LogP contribution in [0.2, 0.25) is 0 Å². The van der Waals surface area contributed by atoms with E-state index in [2.05, 4.69) is 20.7 Å². The average molecular weight is 473 g/mol. The van der Waals surface area contributed by atoms with Gasteiger partial charge in [-0.3, -0.25) is 9.52 Å². The number of hydrogen-bond donors (Lipinski definition) is 4. The molecule has 3 amide bonds. The van der Waals surface area contributed by atoms with E-state index in [9.17, 15) is 18.0 Å². The number of amides is 3. The maximum Gasteiger partial charge on any atom is 0.319 e. The first-order valence-corrected chi connectivity index (χ1v) is 12.8. The van der Waals surface area contributed by atoms with Gasteiger partial charge in [0, 0.05) is 17.9 Å². The smallest absolute Gasteiger partial charge is 0.319 e. The third kappa shape index (κ3) is 8.09. The topological polar surface area (TPSA) is 116 Å². The Bertz CT molecular complexity index is 1030. The Hall–Kier alpha value is -3.07. The molecule has 0 bridgehead atoms. The van der Waals surface area contributed by atoms with Gasteiger partial charge >= 0.3 is 6.03 Å². The SMILES string of the molecule is Cc1ccc(S(=O)(=O)Nc2ccc(NC(=O)NCC(=O)NCCC3CCCCC3)cc2)cc1. The standard InChI is InChI=1S/C24H32N4O4S/c1-18-7-13-22(14-8-18)33(31,32)28-21-11-9-20(10-12-21)27-24(30)26-17-23(29)25-16-15-19-5-3-2-4-6-19/h7-14,19,28H,2-6,15-17H2,1H3,(H,25,29)(H2,26,27,30). The number of carbonyl (C=O) groups is 2. The van der Waals surface area contributed by atoms with Gasteiger partial charge < -0.3 is 16.0 Å². The molecule has 1 fully saturated rings. The van der Waals surface area contributed by atoms with Gasteiger partial charge in [-0.25, -0.2) is 13.2 Å². The highest BCUT2D eigenvalue weighted by molar-refractivity contribution is 7.92. The highest BCUT2D eigenvalue weighted by Crippen LogP contribution is 2.25. The molecule has 0 radical (unpaired) electrons. The highest BCUT2D eigenvalue weighted by Gasteiger charge is 2.15. The molecule has 9 heteroatoms. The van der Waals surface area contributed by atoms with E-state index < -0.39 is 16.1 Å². The molecule has 1 aliphatic rings. The molecule has 0 aliphatic heterocycles. The van der Waals surface area contributed by atoms with E-state index in [1.807, 2.05) is 6.92 Å². The predicted molar refractivity (Wildman–Crippen MR) is 130 cm³/mol. The predicted octanol–water partition coefficient (Wildman–Crippen LogP) is 4.00.